The molecular formula is C17H21N3OS. The summed E-state index contributed by atoms with van der Waals surface area (Å²) in [6.07, 6.45) is 8.92. The molecule has 0 saturated heterocycles. The third kappa shape index (κ3) is 3.53. The van der Waals surface area contributed by atoms with Crippen molar-refractivity contribution >= 4 is 17.2 Å². The molecule has 2 aromatic rings. The normalized spacial score (nSPS) is 15.1. The third-order valence-electron chi connectivity index (χ3n) is 4.20. The van der Waals surface area contributed by atoms with Gasteiger partial charge in [0.25, 0.3) is 0 Å². The largest absolute Gasteiger partial charge is 0.356 e. The highest BCUT2D eigenvalue weighted by Gasteiger charge is 2.22. The van der Waals surface area contributed by atoms with Crippen LogP contribution in [0.4, 0.5) is 0 Å². The Morgan fingerprint density at radius 3 is 2.77 bits per heavy atom. The second-order valence-corrected chi connectivity index (χ2v) is 6.87. The molecule has 116 valence electrons. The van der Waals surface area contributed by atoms with Gasteiger partial charge >= 0.3 is 0 Å². The monoisotopic (exact) mass is 315 g/mol. The summed E-state index contributed by atoms with van der Waals surface area (Å²) in [5.41, 5.74) is 2.16. The van der Waals surface area contributed by atoms with Crippen molar-refractivity contribution in [1.82, 2.24) is 15.3 Å². The van der Waals surface area contributed by atoms with E-state index in [4.69, 9.17) is 0 Å². The Hall–Kier alpha value is -1.75. The van der Waals surface area contributed by atoms with Gasteiger partial charge in [0.05, 0.1) is 5.69 Å². The zero-order valence-electron chi connectivity index (χ0n) is 12.8. The molecule has 0 aliphatic heterocycles. The van der Waals surface area contributed by atoms with E-state index in [0.29, 0.717) is 6.54 Å². The van der Waals surface area contributed by atoms with Gasteiger partial charge in [-0.2, -0.15) is 0 Å². The van der Waals surface area contributed by atoms with Crippen molar-refractivity contribution in [2.75, 3.05) is 6.54 Å². The molecule has 0 spiro atoms. The quantitative estimate of drug-likeness (QED) is 0.920. The minimum absolute atomic E-state index is 0.231. The number of amides is 1. The van der Waals surface area contributed by atoms with E-state index in [1.54, 1.807) is 23.7 Å². The standard InChI is InChI=1S/C17H21N3OS/c1-12-15(8-11-19-16(21)13-4-2-3-5-13)22-17(20-12)14-6-9-18-10-7-14/h6-7,9-10,13H,2-5,8,11H2,1H3,(H,19,21). The first kappa shape index (κ1) is 15.2. The molecule has 0 bridgehead atoms. The average molecular weight is 315 g/mol. The van der Waals surface area contributed by atoms with Crippen LogP contribution in [0.3, 0.4) is 0 Å². The Labute approximate surface area is 135 Å². The Morgan fingerprint density at radius 2 is 2.05 bits per heavy atom. The number of rotatable bonds is 5. The lowest BCUT2D eigenvalue weighted by Crippen LogP contribution is -2.30. The molecule has 2 aromatic heterocycles. The summed E-state index contributed by atoms with van der Waals surface area (Å²) in [6.45, 7) is 2.74. The lowest BCUT2D eigenvalue weighted by atomic mass is 10.1. The number of hydrogen-bond donors (Lipinski definition) is 1. The second kappa shape index (κ2) is 7.01. The number of hydrogen-bond acceptors (Lipinski definition) is 4. The first-order valence-corrected chi connectivity index (χ1v) is 8.70. The molecule has 2 heterocycles. The Bertz CT molecular complexity index is 633. The number of aryl methyl sites for hydroxylation is 1. The zero-order chi connectivity index (χ0) is 15.4. The predicted molar refractivity (Wildman–Crippen MR) is 88.8 cm³/mol. The molecule has 5 heteroatoms. The summed E-state index contributed by atoms with van der Waals surface area (Å²) in [5, 5.41) is 4.10. The van der Waals surface area contributed by atoms with Gasteiger partial charge in [0.2, 0.25) is 5.91 Å². The van der Waals surface area contributed by atoms with E-state index in [0.717, 1.165) is 35.5 Å². The Kier molecular flexibility index (Phi) is 4.83. The van der Waals surface area contributed by atoms with Crippen LogP contribution in [0.15, 0.2) is 24.5 Å². The van der Waals surface area contributed by atoms with E-state index in [-0.39, 0.29) is 11.8 Å². The van der Waals surface area contributed by atoms with Crippen molar-refractivity contribution in [2.45, 2.75) is 39.0 Å². The minimum atomic E-state index is 0.231. The number of thiazole rings is 1. The lowest BCUT2D eigenvalue weighted by Gasteiger charge is -2.09. The summed E-state index contributed by atoms with van der Waals surface area (Å²) in [7, 11) is 0. The van der Waals surface area contributed by atoms with E-state index in [9.17, 15) is 4.79 Å². The molecule has 3 rings (SSSR count). The maximum absolute atomic E-state index is 12.0. The molecule has 0 atom stereocenters. The maximum Gasteiger partial charge on any atom is 0.223 e. The maximum atomic E-state index is 12.0. The van der Waals surface area contributed by atoms with Gasteiger partial charge in [0.15, 0.2) is 0 Å². The van der Waals surface area contributed by atoms with Gasteiger partial charge in [-0.05, 0) is 31.9 Å². The summed E-state index contributed by atoms with van der Waals surface area (Å²) >= 11 is 1.71. The first-order valence-electron chi connectivity index (χ1n) is 7.88. The van der Waals surface area contributed by atoms with Crippen LogP contribution >= 0.6 is 11.3 Å². The number of nitrogens with one attached hydrogen (secondary N) is 1. The minimum Gasteiger partial charge on any atom is -0.356 e. The molecule has 0 unspecified atom stereocenters. The van der Waals surface area contributed by atoms with E-state index in [2.05, 4.69) is 15.3 Å². The van der Waals surface area contributed by atoms with E-state index >= 15 is 0 Å². The Balaban J connectivity index is 1.57. The molecule has 1 N–H and O–H groups in total. The summed E-state index contributed by atoms with van der Waals surface area (Å²) in [5.74, 6) is 0.476. The number of carbonyl (C=O) groups excluding carboxylic acids is 1. The van der Waals surface area contributed by atoms with Gasteiger partial charge in [-0.15, -0.1) is 11.3 Å². The van der Waals surface area contributed by atoms with Crippen LogP contribution in [-0.4, -0.2) is 22.4 Å². The Morgan fingerprint density at radius 1 is 1.32 bits per heavy atom. The molecule has 22 heavy (non-hydrogen) atoms. The first-order chi connectivity index (χ1) is 10.7. The van der Waals surface area contributed by atoms with Crippen LogP contribution in [0.1, 0.15) is 36.3 Å². The van der Waals surface area contributed by atoms with Gasteiger partial charge in [0.1, 0.15) is 5.01 Å². The fourth-order valence-corrected chi connectivity index (χ4v) is 3.98. The van der Waals surface area contributed by atoms with E-state index < -0.39 is 0 Å². The van der Waals surface area contributed by atoms with Gasteiger partial charge in [0, 0.05) is 41.7 Å². The highest BCUT2D eigenvalue weighted by atomic mass is 32.1. The van der Waals surface area contributed by atoms with Crippen molar-refractivity contribution in [2.24, 2.45) is 5.92 Å². The van der Waals surface area contributed by atoms with Crippen LogP contribution in [-0.2, 0) is 11.2 Å². The number of carbonyl (C=O) groups is 1. The van der Waals surface area contributed by atoms with Crippen LogP contribution < -0.4 is 5.32 Å². The van der Waals surface area contributed by atoms with E-state index in [1.165, 1.54) is 17.7 Å². The van der Waals surface area contributed by atoms with Gasteiger partial charge < -0.3 is 5.32 Å². The summed E-state index contributed by atoms with van der Waals surface area (Å²) in [4.78, 5) is 21.9. The number of nitrogens with zero attached hydrogens (tertiary/aromatic N) is 2. The molecular weight excluding hydrogens is 294 g/mol. The SMILES string of the molecule is Cc1nc(-c2ccncc2)sc1CCNC(=O)C1CCCC1. The molecule has 0 radical (unpaired) electrons. The molecule has 1 saturated carbocycles. The fourth-order valence-electron chi connectivity index (χ4n) is 2.91. The van der Waals surface area contributed by atoms with Crippen molar-refractivity contribution in [1.29, 1.82) is 0 Å². The van der Waals surface area contributed by atoms with Crippen molar-refractivity contribution in [3.05, 3.63) is 35.1 Å². The van der Waals surface area contributed by atoms with Crippen LogP contribution in [0.2, 0.25) is 0 Å². The average Bonchev–Trinajstić information content (AvgIpc) is 3.18. The smallest absolute Gasteiger partial charge is 0.223 e. The van der Waals surface area contributed by atoms with Gasteiger partial charge in [-0.25, -0.2) is 4.98 Å². The topological polar surface area (TPSA) is 54.9 Å². The molecule has 1 fully saturated rings. The fraction of sp³-hybridized carbons (Fsp3) is 0.471. The van der Waals surface area contributed by atoms with Crippen LogP contribution in [0, 0.1) is 12.8 Å². The lowest BCUT2D eigenvalue weighted by molar-refractivity contribution is -0.124. The molecule has 1 aliphatic rings. The molecule has 1 aliphatic carbocycles. The zero-order valence-corrected chi connectivity index (χ0v) is 13.7. The molecule has 1 amide bonds. The molecule has 0 aromatic carbocycles. The van der Waals surface area contributed by atoms with E-state index in [1.807, 2.05) is 19.1 Å². The van der Waals surface area contributed by atoms with Crippen molar-refractivity contribution < 1.29 is 4.79 Å². The third-order valence-corrected chi connectivity index (χ3v) is 5.46. The number of aromatic nitrogens is 2. The van der Waals surface area contributed by atoms with Crippen molar-refractivity contribution in [3.8, 4) is 10.6 Å². The van der Waals surface area contributed by atoms with Crippen molar-refractivity contribution in [3.63, 3.8) is 0 Å². The van der Waals surface area contributed by atoms with Gasteiger partial charge in [-0.3, -0.25) is 9.78 Å². The number of pyridine rings is 1. The predicted octanol–water partition coefficient (Wildman–Crippen LogP) is 3.36. The van der Waals surface area contributed by atoms with Crippen LogP contribution in [0.25, 0.3) is 10.6 Å². The second-order valence-electron chi connectivity index (χ2n) is 5.79. The highest BCUT2D eigenvalue weighted by molar-refractivity contribution is 7.15. The summed E-state index contributed by atoms with van der Waals surface area (Å²) < 4.78 is 0. The van der Waals surface area contributed by atoms with Crippen LogP contribution in [0.5, 0.6) is 0 Å². The summed E-state index contributed by atoms with van der Waals surface area (Å²) in [6, 6.07) is 3.95. The van der Waals surface area contributed by atoms with Gasteiger partial charge in [-0.1, -0.05) is 12.8 Å². The molecule has 4 nitrogen and oxygen atoms in total. The highest BCUT2D eigenvalue weighted by Crippen LogP contribution is 2.28.